The van der Waals surface area contributed by atoms with Crippen molar-refractivity contribution in [2.45, 2.75) is 33.1 Å². The lowest BCUT2D eigenvalue weighted by Gasteiger charge is -2.20. The van der Waals surface area contributed by atoms with Crippen LogP contribution in [0.3, 0.4) is 0 Å². The van der Waals surface area contributed by atoms with Gasteiger partial charge in [-0.1, -0.05) is 32.9 Å². The molecule has 0 radical (unpaired) electrons. The van der Waals surface area contributed by atoms with Crippen LogP contribution in [0.4, 0.5) is 0 Å². The van der Waals surface area contributed by atoms with Crippen molar-refractivity contribution in [3.8, 4) is 0 Å². The van der Waals surface area contributed by atoms with Crippen LogP contribution in [0.25, 0.3) is 0 Å². The van der Waals surface area contributed by atoms with Crippen LogP contribution in [0.2, 0.25) is 0 Å². The van der Waals surface area contributed by atoms with Gasteiger partial charge in [0, 0.05) is 18.7 Å². The fraction of sp³-hybridized carbons (Fsp3) is 0.533. The van der Waals surface area contributed by atoms with Crippen molar-refractivity contribution in [1.82, 2.24) is 4.90 Å². The molecular formula is C15H21NO. The maximum absolute atomic E-state index is 12.2. The molecule has 1 heterocycles. The molecule has 2 nitrogen and oxygen atoms in total. The molecule has 2 heteroatoms. The van der Waals surface area contributed by atoms with Gasteiger partial charge in [-0.15, -0.1) is 0 Å². The molecule has 1 fully saturated rings. The molecule has 0 N–H and O–H groups in total. The second kappa shape index (κ2) is 4.26. The average molecular weight is 231 g/mol. The van der Waals surface area contributed by atoms with E-state index in [2.05, 4.69) is 43.9 Å². The zero-order valence-corrected chi connectivity index (χ0v) is 11.2. The molecule has 1 saturated heterocycles. The minimum Gasteiger partial charge on any atom is -0.293 e. The number of aryl methyl sites for hydroxylation is 1. The molecule has 0 aromatic heterocycles. The summed E-state index contributed by atoms with van der Waals surface area (Å²) in [5.74, 6) is 0.256. The molecule has 0 spiro atoms. The summed E-state index contributed by atoms with van der Waals surface area (Å²) >= 11 is 0. The molecule has 1 aliphatic rings. The molecule has 0 saturated carbocycles. The fourth-order valence-corrected chi connectivity index (χ4v) is 1.91. The fourth-order valence-electron chi connectivity index (χ4n) is 1.91. The van der Waals surface area contributed by atoms with E-state index in [0.717, 1.165) is 24.2 Å². The van der Waals surface area contributed by atoms with Crippen molar-refractivity contribution < 1.29 is 4.79 Å². The lowest BCUT2D eigenvalue weighted by Crippen LogP contribution is -2.17. The van der Waals surface area contributed by atoms with E-state index in [4.69, 9.17) is 0 Å². The van der Waals surface area contributed by atoms with Crippen molar-refractivity contribution in [3.63, 3.8) is 0 Å². The van der Waals surface area contributed by atoms with Gasteiger partial charge in [-0.05, 0) is 29.5 Å². The Morgan fingerprint density at radius 3 is 2.47 bits per heavy atom. The standard InChI is InChI=1S/C15H21NO/c1-11-5-6-12(15(2,3)4)9-13(11)14(17)10-16-7-8-16/h5-6,9H,7-8,10H2,1-4H3. The highest BCUT2D eigenvalue weighted by Gasteiger charge is 2.23. The summed E-state index contributed by atoms with van der Waals surface area (Å²) in [6.07, 6.45) is 0. The Labute approximate surface area is 104 Å². The predicted molar refractivity (Wildman–Crippen MR) is 70.6 cm³/mol. The van der Waals surface area contributed by atoms with Crippen LogP contribution in [-0.4, -0.2) is 30.3 Å². The number of hydrogen-bond donors (Lipinski definition) is 0. The monoisotopic (exact) mass is 231 g/mol. The van der Waals surface area contributed by atoms with Gasteiger partial charge >= 0.3 is 0 Å². The van der Waals surface area contributed by atoms with Crippen molar-refractivity contribution in [2.24, 2.45) is 0 Å². The number of hydrogen-bond acceptors (Lipinski definition) is 2. The Kier molecular flexibility index (Phi) is 3.09. The highest BCUT2D eigenvalue weighted by atomic mass is 16.1. The van der Waals surface area contributed by atoms with Crippen molar-refractivity contribution in [2.75, 3.05) is 19.6 Å². The normalized spacial score (nSPS) is 16.0. The quantitative estimate of drug-likeness (QED) is 0.589. The number of ketones is 1. The first kappa shape index (κ1) is 12.3. The first-order valence-corrected chi connectivity index (χ1v) is 6.24. The second-order valence-corrected chi connectivity index (χ2v) is 5.98. The molecule has 1 aromatic rings. The molecule has 1 aliphatic heterocycles. The Hall–Kier alpha value is -1.15. The van der Waals surface area contributed by atoms with Gasteiger partial charge in [-0.2, -0.15) is 0 Å². The van der Waals surface area contributed by atoms with E-state index in [1.54, 1.807) is 0 Å². The molecule has 17 heavy (non-hydrogen) atoms. The molecular weight excluding hydrogens is 210 g/mol. The zero-order chi connectivity index (χ0) is 12.6. The van der Waals surface area contributed by atoms with Gasteiger partial charge in [-0.25, -0.2) is 0 Å². The van der Waals surface area contributed by atoms with Crippen molar-refractivity contribution in [3.05, 3.63) is 34.9 Å². The third kappa shape index (κ3) is 2.95. The molecule has 0 unspecified atom stereocenters. The molecule has 0 bridgehead atoms. The van der Waals surface area contributed by atoms with Gasteiger partial charge in [-0.3, -0.25) is 9.69 Å². The molecule has 1 aromatic carbocycles. The summed E-state index contributed by atoms with van der Waals surface area (Å²) in [4.78, 5) is 14.3. The summed E-state index contributed by atoms with van der Waals surface area (Å²) in [5.41, 5.74) is 3.31. The van der Waals surface area contributed by atoms with Gasteiger partial charge in [0.15, 0.2) is 5.78 Å². The summed E-state index contributed by atoms with van der Waals surface area (Å²) in [5, 5.41) is 0. The van der Waals surface area contributed by atoms with Crippen LogP contribution in [-0.2, 0) is 5.41 Å². The minimum atomic E-state index is 0.0998. The third-order valence-corrected chi connectivity index (χ3v) is 3.31. The number of nitrogens with zero attached hydrogens (tertiary/aromatic N) is 1. The SMILES string of the molecule is Cc1ccc(C(C)(C)C)cc1C(=O)CN1CC1. The van der Waals surface area contributed by atoms with E-state index in [9.17, 15) is 4.79 Å². The van der Waals surface area contributed by atoms with E-state index in [1.165, 1.54) is 5.56 Å². The van der Waals surface area contributed by atoms with Gasteiger partial charge < -0.3 is 0 Å². The molecule has 2 rings (SSSR count). The lowest BCUT2D eigenvalue weighted by molar-refractivity contribution is 0.0974. The van der Waals surface area contributed by atoms with E-state index in [1.807, 2.05) is 6.92 Å². The summed E-state index contributed by atoms with van der Waals surface area (Å²) in [6, 6.07) is 6.26. The number of benzene rings is 1. The number of carbonyl (C=O) groups excluding carboxylic acids is 1. The Morgan fingerprint density at radius 2 is 1.94 bits per heavy atom. The Bertz CT molecular complexity index is 439. The van der Waals surface area contributed by atoms with Crippen molar-refractivity contribution >= 4 is 5.78 Å². The van der Waals surface area contributed by atoms with Crippen LogP contribution < -0.4 is 0 Å². The summed E-state index contributed by atoms with van der Waals surface area (Å²) in [6.45, 7) is 11.3. The van der Waals surface area contributed by atoms with Crippen LogP contribution in [0.1, 0.15) is 42.3 Å². The minimum absolute atomic E-state index is 0.0998. The topological polar surface area (TPSA) is 20.1 Å². The van der Waals surface area contributed by atoms with Crippen LogP contribution >= 0.6 is 0 Å². The predicted octanol–water partition coefficient (Wildman–Crippen LogP) is 2.79. The molecule has 0 aliphatic carbocycles. The maximum Gasteiger partial charge on any atom is 0.177 e. The van der Waals surface area contributed by atoms with Crippen LogP contribution in [0.5, 0.6) is 0 Å². The number of Topliss-reactive ketones (excluding diaryl/α,β-unsaturated/α-hetero) is 1. The largest absolute Gasteiger partial charge is 0.293 e. The van der Waals surface area contributed by atoms with Gasteiger partial charge in [0.2, 0.25) is 0 Å². The lowest BCUT2D eigenvalue weighted by atomic mass is 9.85. The van der Waals surface area contributed by atoms with E-state index < -0.39 is 0 Å². The molecule has 0 atom stereocenters. The second-order valence-electron chi connectivity index (χ2n) is 5.98. The average Bonchev–Trinajstić information content (AvgIpc) is 3.00. The van der Waals surface area contributed by atoms with E-state index in [0.29, 0.717) is 6.54 Å². The molecule has 92 valence electrons. The smallest absolute Gasteiger partial charge is 0.177 e. The number of rotatable bonds is 3. The third-order valence-electron chi connectivity index (χ3n) is 3.31. The highest BCUT2D eigenvalue weighted by Crippen LogP contribution is 2.25. The van der Waals surface area contributed by atoms with Crippen LogP contribution in [0.15, 0.2) is 18.2 Å². The Morgan fingerprint density at radius 1 is 1.29 bits per heavy atom. The zero-order valence-electron chi connectivity index (χ0n) is 11.2. The highest BCUT2D eigenvalue weighted by molar-refractivity contribution is 5.99. The molecule has 0 amide bonds. The first-order chi connectivity index (χ1) is 7.88. The maximum atomic E-state index is 12.2. The first-order valence-electron chi connectivity index (χ1n) is 6.24. The Balaban J connectivity index is 2.28. The van der Waals surface area contributed by atoms with E-state index in [-0.39, 0.29) is 11.2 Å². The summed E-state index contributed by atoms with van der Waals surface area (Å²) < 4.78 is 0. The van der Waals surface area contributed by atoms with Crippen molar-refractivity contribution in [1.29, 1.82) is 0 Å². The van der Waals surface area contributed by atoms with Gasteiger partial charge in [0.1, 0.15) is 0 Å². The van der Waals surface area contributed by atoms with Gasteiger partial charge in [0.25, 0.3) is 0 Å². The summed E-state index contributed by atoms with van der Waals surface area (Å²) in [7, 11) is 0. The van der Waals surface area contributed by atoms with E-state index >= 15 is 0 Å². The van der Waals surface area contributed by atoms with Crippen LogP contribution in [0, 0.1) is 6.92 Å². The number of carbonyl (C=O) groups is 1. The van der Waals surface area contributed by atoms with Gasteiger partial charge in [0.05, 0.1) is 6.54 Å².